The first kappa shape index (κ1) is 8.51. The minimum Gasteiger partial charge on any atom is -0.314 e. The summed E-state index contributed by atoms with van der Waals surface area (Å²) >= 11 is 0. The first-order chi connectivity index (χ1) is 5.67. The standard InChI is InChI=1S/C8H15NO2S/c10-12(11)5-3-8-7(6-12)2-1-4-9-8/h7-9H,1-6H2. The van der Waals surface area contributed by atoms with E-state index in [4.69, 9.17) is 0 Å². The fourth-order valence-electron chi connectivity index (χ4n) is 2.27. The minimum atomic E-state index is -2.69. The molecule has 0 amide bonds. The van der Waals surface area contributed by atoms with Crippen LogP contribution in [0.15, 0.2) is 0 Å². The van der Waals surface area contributed by atoms with E-state index >= 15 is 0 Å². The van der Waals surface area contributed by atoms with E-state index in [-0.39, 0.29) is 0 Å². The predicted octanol–water partition coefficient (Wildman–Crippen LogP) is 0.173. The Labute approximate surface area is 73.5 Å². The molecule has 0 radical (unpaired) electrons. The molecular weight excluding hydrogens is 174 g/mol. The Morgan fingerprint density at radius 2 is 2.08 bits per heavy atom. The predicted molar refractivity (Wildman–Crippen MR) is 47.8 cm³/mol. The van der Waals surface area contributed by atoms with Gasteiger partial charge in [-0.1, -0.05) is 0 Å². The van der Waals surface area contributed by atoms with E-state index in [1.807, 2.05) is 0 Å². The number of sulfone groups is 1. The van der Waals surface area contributed by atoms with Crippen LogP contribution in [0.2, 0.25) is 0 Å². The van der Waals surface area contributed by atoms with Crippen molar-refractivity contribution in [3.63, 3.8) is 0 Å². The molecule has 0 bridgehead atoms. The first-order valence-corrected chi connectivity index (χ1v) is 6.43. The zero-order valence-electron chi connectivity index (χ0n) is 7.12. The second-order valence-electron chi connectivity index (χ2n) is 3.87. The molecule has 3 nitrogen and oxygen atoms in total. The highest BCUT2D eigenvalue weighted by Gasteiger charge is 2.34. The van der Waals surface area contributed by atoms with E-state index in [0.29, 0.717) is 23.5 Å². The number of nitrogens with one attached hydrogen (secondary N) is 1. The highest BCUT2D eigenvalue weighted by Crippen LogP contribution is 2.25. The summed E-state index contributed by atoms with van der Waals surface area (Å²) in [7, 11) is -2.69. The number of fused-ring (bicyclic) bond motifs is 1. The van der Waals surface area contributed by atoms with Gasteiger partial charge in [-0.2, -0.15) is 0 Å². The normalized spacial score (nSPS) is 40.3. The molecule has 2 saturated heterocycles. The number of rotatable bonds is 0. The summed E-state index contributed by atoms with van der Waals surface area (Å²) in [4.78, 5) is 0. The molecule has 4 heteroatoms. The molecule has 0 spiro atoms. The molecule has 70 valence electrons. The molecule has 0 saturated carbocycles. The summed E-state index contributed by atoms with van der Waals surface area (Å²) in [6, 6.07) is 0.488. The molecule has 2 rings (SSSR count). The van der Waals surface area contributed by atoms with Crippen LogP contribution in [0.4, 0.5) is 0 Å². The number of hydrogen-bond acceptors (Lipinski definition) is 3. The maximum atomic E-state index is 11.3. The highest BCUT2D eigenvalue weighted by molar-refractivity contribution is 7.91. The molecule has 2 aliphatic rings. The molecule has 2 unspecified atom stereocenters. The summed E-state index contributed by atoms with van der Waals surface area (Å²) in [5.74, 6) is 1.21. The Morgan fingerprint density at radius 3 is 2.92 bits per heavy atom. The average molecular weight is 189 g/mol. The molecule has 0 aliphatic carbocycles. The van der Waals surface area contributed by atoms with E-state index in [1.165, 1.54) is 0 Å². The van der Waals surface area contributed by atoms with Crippen LogP contribution < -0.4 is 5.32 Å². The fourth-order valence-corrected chi connectivity index (χ4v) is 4.10. The van der Waals surface area contributed by atoms with Crippen molar-refractivity contribution in [3.8, 4) is 0 Å². The lowest BCUT2D eigenvalue weighted by atomic mass is 9.90. The lowest BCUT2D eigenvalue weighted by Gasteiger charge is -2.35. The molecule has 1 N–H and O–H groups in total. The highest BCUT2D eigenvalue weighted by atomic mass is 32.2. The zero-order chi connectivity index (χ0) is 8.60. The van der Waals surface area contributed by atoms with Crippen molar-refractivity contribution < 1.29 is 8.42 Å². The fraction of sp³-hybridized carbons (Fsp3) is 1.00. The van der Waals surface area contributed by atoms with Gasteiger partial charge in [0, 0.05) is 6.04 Å². The smallest absolute Gasteiger partial charge is 0.150 e. The second kappa shape index (κ2) is 3.00. The van der Waals surface area contributed by atoms with Crippen LogP contribution >= 0.6 is 0 Å². The van der Waals surface area contributed by atoms with Crippen LogP contribution in [-0.2, 0) is 9.84 Å². The topological polar surface area (TPSA) is 46.2 Å². The van der Waals surface area contributed by atoms with Crippen LogP contribution in [0.5, 0.6) is 0 Å². The van der Waals surface area contributed by atoms with E-state index in [1.54, 1.807) is 0 Å². The van der Waals surface area contributed by atoms with Crippen molar-refractivity contribution in [2.24, 2.45) is 5.92 Å². The molecule has 12 heavy (non-hydrogen) atoms. The summed E-state index contributed by atoms with van der Waals surface area (Å²) in [5.41, 5.74) is 0. The Hall–Kier alpha value is -0.0900. The maximum absolute atomic E-state index is 11.3. The van der Waals surface area contributed by atoms with E-state index in [0.717, 1.165) is 25.8 Å². The lowest BCUT2D eigenvalue weighted by Crippen LogP contribution is -2.48. The molecular formula is C8H15NO2S. The second-order valence-corrected chi connectivity index (χ2v) is 6.09. The van der Waals surface area contributed by atoms with Crippen molar-refractivity contribution in [1.29, 1.82) is 0 Å². The van der Waals surface area contributed by atoms with Crippen LogP contribution in [0.3, 0.4) is 0 Å². The monoisotopic (exact) mass is 189 g/mol. The van der Waals surface area contributed by atoms with Crippen LogP contribution in [0.25, 0.3) is 0 Å². The van der Waals surface area contributed by atoms with E-state index in [9.17, 15) is 8.42 Å². The largest absolute Gasteiger partial charge is 0.314 e. The molecule has 2 heterocycles. The van der Waals surface area contributed by atoms with Gasteiger partial charge in [-0.05, 0) is 31.7 Å². The summed E-state index contributed by atoms with van der Waals surface area (Å²) in [5, 5.41) is 3.39. The third-order valence-electron chi connectivity index (χ3n) is 2.94. The van der Waals surface area contributed by atoms with Crippen molar-refractivity contribution in [1.82, 2.24) is 5.32 Å². The third kappa shape index (κ3) is 1.64. The van der Waals surface area contributed by atoms with Gasteiger partial charge in [0.15, 0.2) is 9.84 Å². The Morgan fingerprint density at radius 1 is 1.25 bits per heavy atom. The lowest BCUT2D eigenvalue weighted by molar-refractivity contribution is 0.286. The van der Waals surface area contributed by atoms with Gasteiger partial charge in [-0.3, -0.25) is 0 Å². The van der Waals surface area contributed by atoms with E-state index < -0.39 is 9.84 Å². The Bertz CT molecular complexity index is 260. The molecule has 0 aromatic rings. The molecule has 2 aliphatic heterocycles. The van der Waals surface area contributed by atoms with Gasteiger partial charge in [0.2, 0.25) is 0 Å². The number of hydrogen-bond donors (Lipinski definition) is 1. The van der Waals surface area contributed by atoms with Gasteiger partial charge in [0.25, 0.3) is 0 Å². The quantitative estimate of drug-likeness (QED) is 0.591. The zero-order valence-corrected chi connectivity index (χ0v) is 7.94. The van der Waals surface area contributed by atoms with Gasteiger partial charge in [-0.15, -0.1) is 0 Å². The molecule has 2 atom stereocenters. The minimum absolute atomic E-state index is 0.390. The van der Waals surface area contributed by atoms with Gasteiger partial charge in [0.05, 0.1) is 11.5 Å². The average Bonchev–Trinajstić information content (AvgIpc) is 2.02. The van der Waals surface area contributed by atoms with Gasteiger partial charge in [0.1, 0.15) is 0 Å². The maximum Gasteiger partial charge on any atom is 0.150 e. The van der Waals surface area contributed by atoms with Crippen LogP contribution in [0, 0.1) is 5.92 Å². The molecule has 0 aromatic carbocycles. The van der Waals surface area contributed by atoms with Crippen LogP contribution in [-0.4, -0.2) is 32.5 Å². The SMILES string of the molecule is O=S1(=O)CCC2NCCCC2C1. The summed E-state index contributed by atoms with van der Waals surface area (Å²) in [6.45, 7) is 1.07. The summed E-state index contributed by atoms with van der Waals surface area (Å²) < 4.78 is 22.6. The third-order valence-corrected chi connectivity index (χ3v) is 4.73. The van der Waals surface area contributed by atoms with E-state index in [2.05, 4.69) is 5.32 Å². The van der Waals surface area contributed by atoms with Crippen LogP contribution in [0.1, 0.15) is 19.3 Å². The number of piperidine rings is 1. The van der Waals surface area contributed by atoms with Crippen molar-refractivity contribution in [2.45, 2.75) is 25.3 Å². The van der Waals surface area contributed by atoms with Crippen molar-refractivity contribution in [3.05, 3.63) is 0 Å². The molecule has 0 aromatic heterocycles. The van der Waals surface area contributed by atoms with Gasteiger partial charge in [-0.25, -0.2) is 8.42 Å². The Balaban J connectivity index is 2.08. The Kier molecular flexibility index (Phi) is 2.12. The van der Waals surface area contributed by atoms with Crippen molar-refractivity contribution >= 4 is 9.84 Å². The van der Waals surface area contributed by atoms with Gasteiger partial charge < -0.3 is 5.32 Å². The first-order valence-electron chi connectivity index (χ1n) is 4.61. The molecule has 2 fully saturated rings. The van der Waals surface area contributed by atoms with Crippen molar-refractivity contribution in [2.75, 3.05) is 18.1 Å². The van der Waals surface area contributed by atoms with Gasteiger partial charge >= 0.3 is 0 Å². The summed E-state index contributed by atoms with van der Waals surface area (Å²) in [6.07, 6.45) is 3.06.